The number of thiophene rings is 1. The highest BCUT2D eigenvalue weighted by atomic mass is 32.2. The van der Waals surface area contributed by atoms with Crippen LogP contribution in [0.4, 0.5) is 0 Å². The minimum absolute atomic E-state index is 0.0978. The summed E-state index contributed by atoms with van der Waals surface area (Å²) >= 11 is 8.44. The second kappa shape index (κ2) is 7.46. The molecule has 2 N–H and O–H groups in total. The van der Waals surface area contributed by atoms with Gasteiger partial charge in [-0.05, 0) is 25.5 Å². The lowest BCUT2D eigenvalue weighted by molar-refractivity contribution is 0.843. The molecule has 0 unspecified atom stereocenters. The molecule has 0 amide bonds. The standard InChI is InChI=1S/C17H17N3OS3/c1-10-3-5-12(6-4-10)9-23-17(22)18-8-14-19-15(21)13-7-11(2)24-16(13)20-14/h3-7H,8-9H2,1-2H3,(H,18,22)(H,19,20,21). The van der Waals surface area contributed by atoms with Gasteiger partial charge < -0.3 is 10.3 Å². The van der Waals surface area contributed by atoms with Gasteiger partial charge in [-0.3, -0.25) is 4.79 Å². The van der Waals surface area contributed by atoms with Crippen LogP contribution < -0.4 is 10.9 Å². The van der Waals surface area contributed by atoms with Crippen LogP contribution in [0.25, 0.3) is 10.2 Å². The third-order valence-electron chi connectivity index (χ3n) is 3.47. The molecular formula is C17H17N3OS3. The number of hydrogen-bond donors (Lipinski definition) is 2. The van der Waals surface area contributed by atoms with E-state index in [1.165, 1.54) is 22.5 Å². The van der Waals surface area contributed by atoms with Crippen LogP contribution in [0.3, 0.4) is 0 Å². The Balaban J connectivity index is 1.58. The quantitative estimate of drug-likeness (QED) is 0.677. The van der Waals surface area contributed by atoms with Crippen molar-refractivity contribution in [3.05, 3.63) is 62.5 Å². The van der Waals surface area contributed by atoms with E-state index in [2.05, 4.69) is 46.5 Å². The number of fused-ring (bicyclic) bond motifs is 1. The van der Waals surface area contributed by atoms with Crippen molar-refractivity contribution in [2.24, 2.45) is 0 Å². The van der Waals surface area contributed by atoms with Crippen molar-refractivity contribution in [2.45, 2.75) is 26.1 Å². The van der Waals surface area contributed by atoms with Crippen molar-refractivity contribution >= 4 is 49.9 Å². The Kier molecular flexibility index (Phi) is 5.33. The predicted octanol–water partition coefficient (Wildman–Crippen LogP) is 3.91. The molecule has 4 nitrogen and oxygen atoms in total. The molecule has 1 aromatic carbocycles. The van der Waals surface area contributed by atoms with Gasteiger partial charge >= 0.3 is 0 Å². The number of nitrogens with one attached hydrogen (secondary N) is 2. The van der Waals surface area contributed by atoms with Crippen molar-refractivity contribution in [3.8, 4) is 0 Å². The minimum atomic E-state index is -0.0978. The first-order valence-corrected chi connectivity index (χ1v) is 9.68. The van der Waals surface area contributed by atoms with Gasteiger partial charge in [0.2, 0.25) is 0 Å². The van der Waals surface area contributed by atoms with Crippen molar-refractivity contribution < 1.29 is 0 Å². The fourth-order valence-electron chi connectivity index (χ4n) is 2.22. The van der Waals surface area contributed by atoms with Crippen LogP contribution in [0.5, 0.6) is 0 Å². The summed E-state index contributed by atoms with van der Waals surface area (Å²) in [5.41, 5.74) is 2.38. The Morgan fingerprint density at radius 2 is 2.08 bits per heavy atom. The van der Waals surface area contributed by atoms with Crippen LogP contribution in [-0.4, -0.2) is 14.3 Å². The molecule has 3 rings (SSSR count). The number of thioether (sulfide) groups is 1. The highest BCUT2D eigenvalue weighted by molar-refractivity contribution is 8.22. The number of aromatic amines is 1. The Morgan fingerprint density at radius 1 is 1.33 bits per heavy atom. The SMILES string of the molecule is Cc1ccc(CSC(=S)NCc2nc3sc(C)cc3c(=O)[nH]2)cc1. The van der Waals surface area contributed by atoms with Gasteiger partial charge in [-0.1, -0.05) is 53.8 Å². The average Bonchev–Trinajstić information content (AvgIpc) is 2.93. The maximum Gasteiger partial charge on any atom is 0.259 e. The lowest BCUT2D eigenvalue weighted by Gasteiger charge is -2.07. The third-order valence-corrected chi connectivity index (χ3v) is 5.79. The zero-order chi connectivity index (χ0) is 17.1. The molecule has 124 valence electrons. The monoisotopic (exact) mass is 375 g/mol. The summed E-state index contributed by atoms with van der Waals surface area (Å²) in [7, 11) is 0. The maximum absolute atomic E-state index is 12.0. The molecule has 0 radical (unpaired) electrons. The summed E-state index contributed by atoms with van der Waals surface area (Å²) in [6.45, 7) is 4.46. The van der Waals surface area contributed by atoms with Crippen LogP contribution >= 0.6 is 35.3 Å². The van der Waals surface area contributed by atoms with E-state index >= 15 is 0 Å². The van der Waals surface area contributed by atoms with Gasteiger partial charge in [0.25, 0.3) is 5.56 Å². The third kappa shape index (κ3) is 4.23. The Hall–Kier alpha value is -1.70. The normalized spacial score (nSPS) is 10.9. The fraction of sp³-hybridized carbons (Fsp3) is 0.235. The van der Waals surface area contributed by atoms with Gasteiger partial charge in [-0.15, -0.1) is 11.3 Å². The molecule has 0 spiro atoms. The molecule has 2 heterocycles. The van der Waals surface area contributed by atoms with E-state index in [0.717, 1.165) is 15.5 Å². The summed E-state index contributed by atoms with van der Waals surface area (Å²) in [5, 5.41) is 3.80. The first-order chi connectivity index (χ1) is 11.5. The summed E-state index contributed by atoms with van der Waals surface area (Å²) in [5.74, 6) is 1.42. The molecule has 3 aromatic rings. The minimum Gasteiger partial charge on any atom is -0.364 e. The largest absolute Gasteiger partial charge is 0.364 e. The van der Waals surface area contributed by atoms with Crippen molar-refractivity contribution in [1.82, 2.24) is 15.3 Å². The molecule has 0 saturated heterocycles. The van der Waals surface area contributed by atoms with Crippen LogP contribution in [0.2, 0.25) is 0 Å². The summed E-state index contributed by atoms with van der Waals surface area (Å²) < 4.78 is 0.695. The van der Waals surface area contributed by atoms with Crippen molar-refractivity contribution in [2.75, 3.05) is 0 Å². The van der Waals surface area contributed by atoms with Gasteiger partial charge in [-0.2, -0.15) is 0 Å². The van der Waals surface area contributed by atoms with Crippen LogP contribution in [-0.2, 0) is 12.3 Å². The number of nitrogens with zero attached hydrogens (tertiary/aromatic N) is 1. The fourth-order valence-corrected chi connectivity index (χ4v) is 4.03. The highest BCUT2D eigenvalue weighted by Crippen LogP contribution is 2.20. The molecule has 0 atom stereocenters. The first kappa shape index (κ1) is 17.1. The summed E-state index contributed by atoms with van der Waals surface area (Å²) in [6, 6.07) is 10.3. The Labute approximate surface area is 153 Å². The molecule has 2 aromatic heterocycles. The second-order valence-electron chi connectivity index (χ2n) is 5.50. The topological polar surface area (TPSA) is 57.8 Å². The highest BCUT2D eigenvalue weighted by Gasteiger charge is 2.07. The molecule has 0 aliphatic rings. The summed E-state index contributed by atoms with van der Waals surface area (Å²) in [4.78, 5) is 21.2. The van der Waals surface area contributed by atoms with Gasteiger partial charge in [0, 0.05) is 10.6 Å². The molecule has 0 bridgehead atoms. The molecule has 0 aliphatic heterocycles. The lowest BCUT2D eigenvalue weighted by Crippen LogP contribution is -2.22. The van der Waals surface area contributed by atoms with Crippen molar-refractivity contribution in [3.63, 3.8) is 0 Å². The maximum atomic E-state index is 12.0. The van der Waals surface area contributed by atoms with E-state index in [4.69, 9.17) is 12.2 Å². The van der Waals surface area contributed by atoms with E-state index in [9.17, 15) is 4.79 Å². The zero-order valence-corrected chi connectivity index (χ0v) is 15.8. The van der Waals surface area contributed by atoms with E-state index in [0.29, 0.717) is 22.1 Å². The number of thiocarbonyl (C=S) groups is 1. The van der Waals surface area contributed by atoms with Crippen LogP contribution in [0.15, 0.2) is 35.1 Å². The molecule has 0 saturated carbocycles. The van der Waals surface area contributed by atoms with E-state index in [-0.39, 0.29) is 5.56 Å². The molecule has 24 heavy (non-hydrogen) atoms. The molecule has 0 aliphatic carbocycles. The average molecular weight is 376 g/mol. The van der Waals surface area contributed by atoms with Gasteiger partial charge in [0.15, 0.2) is 0 Å². The number of aryl methyl sites for hydroxylation is 2. The van der Waals surface area contributed by atoms with Gasteiger partial charge in [0.1, 0.15) is 15.0 Å². The van der Waals surface area contributed by atoms with E-state index in [1.54, 1.807) is 11.8 Å². The van der Waals surface area contributed by atoms with Gasteiger partial charge in [-0.25, -0.2) is 4.98 Å². The lowest BCUT2D eigenvalue weighted by atomic mass is 10.2. The van der Waals surface area contributed by atoms with E-state index < -0.39 is 0 Å². The van der Waals surface area contributed by atoms with Crippen LogP contribution in [0.1, 0.15) is 21.8 Å². The summed E-state index contributed by atoms with van der Waals surface area (Å²) in [6.07, 6.45) is 0. The number of H-pyrrole nitrogens is 1. The Morgan fingerprint density at radius 3 is 2.83 bits per heavy atom. The van der Waals surface area contributed by atoms with Crippen molar-refractivity contribution in [1.29, 1.82) is 0 Å². The zero-order valence-electron chi connectivity index (χ0n) is 13.4. The molecule has 7 heteroatoms. The second-order valence-corrected chi connectivity index (χ2v) is 8.39. The number of rotatable bonds is 4. The van der Waals surface area contributed by atoms with Gasteiger partial charge in [0.05, 0.1) is 11.9 Å². The number of aromatic nitrogens is 2. The smallest absolute Gasteiger partial charge is 0.259 e. The molecule has 0 fully saturated rings. The first-order valence-electron chi connectivity index (χ1n) is 7.47. The number of hydrogen-bond acceptors (Lipinski definition) is 5. The molecular weight excluding hydrogens is 358 g/mol. The predicted molar refractivity (Wildman–Crippen MR) is 107 cm³/mol. The Bertz CT molecular complexity index is 928. The van der Waals surface area contributed by atoms with Crippen LogP contribution in [0, 0.1) is 13.8 Å². The van der Waals surface area contributed by atoms with E-state index in [1.807, 2.05) is 13.0 Å². The number of benzene rings is 1.